The predicted molar refractivity (Wildman–Crippen MR) is 87.6 cm³/mol. The third-order valence-corrected chi connectivity index (χ3v) is 4.09. The summed E-state index contributed by atoms with van der Waals surface area (Å²) in [6.07, 6.45) is 2.12. The van der Waals surface area contributed by atoms with E-state index in [1.54, 1.807) is 0 Å². The molecule has 4 rings (SSSR count). The lowest BCUT2D eigenvalue weighted by Crippen LogP contribution is -2.12. The molecule has 0 N–H and O–H groups in total. The molecule has 2 aromatic carbocycles. The summed E-state index contributed by atoms with van der Waals surface area (Å²) in [5.41, 5.74) is 5.96. The van der Waals surface area contributed by atoms with Gasteiger partial charge < -0.3 is 4.74 Å². The molecule has 3 nitrogen and oxygen atoms in total. The van der Waals surface area contributed by atoms with Gasteiger partial charge in [0.1, 0.15) is 5.75 Å². The summed E-state index contributed by atoms with van der Waals surface area (Å²) < 4.78 is 7.68. The fourth-order valence-electron chi connectivity index (χ4n) is 3.05. The van der Waals surface area contributed by atoms with E-state index in [2.05, 4.69) is 47.1 Å². The van der Waals surface area contributed by atoms with Crippen molar-refractivity contribution in [3.05, 3.63) is 65.9 Å². The first-order chi connectivity index (χ1) is 10.8. The summed E-state index contributed by atoms with van der Waals surface area (Å²) in [5, 5.41) is 4.82. The topological polar surface area (TPSA) is 27.1 Å². The van der Waals surface area contributed by atoms with Crippen LogP contribution in [0.25, 0.3) is 16.9 Å². The van der Waals surface area contributed by atoms with Gasteiger partial charge in [0.2, 0.25) is 0 Å². The Morgan fingerprint density at radius 3 is 2.86 bits per heavy atom. The van der Waals surface area contributed by atoms with E-state index >= 15 is 0 Å². The number of fused-ring (bicyclic) bond motifs is 3. The van der Waals surface area contributed by atoms with E-state index in [1.807, 2.05) is 19.1 Å². The molecule has 1 aliphatic rings. The highest BCUT2D eigenvalue weighted by molar-refractivity contribution is 5.63. The van der Waals surface area contributed by atoms with Gasteiger partial charge in [-0.15, -0.1) is 0 Å². The quantitative estimate of drug-likeness (QED) is 0.728. The predicted octanol–water partition coefficient (Wildman–Crippen LogP) is 4.04. The minimum atomic E-state index is 0.677. The van der Waals surface area contributed by atoms with Crippen LogP contribution < -0.4 is 4.74 Å². The Morgan fingerprint density at radius 2 is 1.95 bits per heavy atom. The molecule has 0 bridgehead atoms. The number of hydrogen-bond acceptors (Lipinski definition) is 2. The zero-order chi connectivity index (χ0) is 14.9. The van der Waals surface area contributed by atoms with Gasteiger partial charge in [-0.05, 0) is 49.6 Å². The molecule has 22 heavy (non-hydrogen) atoms. The Balaban J connectivity index is 1.77. The third-order valence-electron chi connectivity index (χ3n) is 4.09. The van der Waals surface area contributed by atoms with Gasteiger partial charge in [-0.1, -0.05) is 30.3 Å². The number of ether oxygens (including phenoxy) is 1. The second-order valence-corrected chi connectivity index (χ2v) is 5.52. The maximum atomic E-state index is 5.59. The number of rotatable bonds is 3. The number of aromatic nitrogens is 2. The van der Waals surface area contributed by atoms with Crippen molar-refractivity contribution >= 4 is 0 Å². The van der Waals surface area contributed by atoms with E-state index in [-0.39, 0.29) is 0 Å². The molecular weight excluding hydrogens is 272 g/mol. The molecule has 0 atom stereocenters. The molecule has 0 fully saturated rings. The highest BCUT2D eigenvalue weighted by Gasteiger charge is 2.18. The van der Waals surface area contributed by atoms with Crippen LogP contribution in [0.5, 0.6) is 5.75 Å². The van der Waals surface area contributed by atoms with Gasteiger partial charge in [0.05, 0.1) is 18.0 Å². The Bertz CT molecular complexity index is 820. The fraction of sp³-hybridized carbons (Fsp3) is 0.211. The summed E-state index contributed by atoms with van der Waals surface area (Å²) in [4.78, 5) is 0. The van der Waals surface area contributed by atoms with E-state index in [9.17, 15) is 0 Å². The molecule has 3 aromatic rings. The first-order valence-electron chi connectivity index (χ1n) is 7.75. The first kappa shape index (κ1) is 13.1. The van der Waals surface area contributed by atoms with Crippen LogP contribution in [-0.2, 0) is 12.8 Å². The van der Waals surface area contributed by atoms with Gasteiger partial charge in [-0.25, -0.2) is 4.68 Å². The molecule has 2 heterocycles. The van der Waals surface area contributed by atoms with E-state index in [0.29, 0.717) is 6.61 Å². The van der Waals surface area contributed by atoms with E-state index in [4.69, 9.17) is 9.84 Å². The molecule has 3 heteroatoms. The molecule has 1 aliphatic heterocycles. The molecule has 0 amide bonds. The molecule has 0 unspecified atom stereocenters. The van der Waals surface area contributed by atoms with Crippen LogP contribution in [0.3, 0.4) is 0 Å². The van der Waals surface area contributed by atoms with Crippen molar-refractivity contribution in [3.8, 4) is 22.7 Å². The average molecular weight is 290 g/mol. The second-order valence-electron chi connectivity index (χ2n) is 5.52. The largest absolute Gasteiger partial charge is 0.494 e. The van der Waals surface area contributed by atoms with Crippen LogP contribution in [0.2, 0.25) is 0 Å². The third kappa shape index (κ3) is 2.19. The molecule has 1 aromatic heterocycles. The fourth-order valence-corrected chi connectivity index (χ4v) is 3.05. The number of benzene rings is 2. The first-order valence-corrected chi connectivity index (χ1v) is 7.75. The SMILES string of the molecule is CCOc1cccc(-c2cc3n(n2)-c2ccccc2CC3)c1. The summed E-state index contributed by atoms with van der Waals surface area (Å²) >= 11 is 0. The smallest absolute Gasteiger partial charge is 0.119 e. The highest BCUT2D eigenvalue weighted by Crippen LogP contribution is 2.29. The molecule has 0 saturated heterocycles. The minimum Gasteiger partial charge on any atom is -0.494 e. The van der Waals surface area contributed by atoms with Gasteiger partial charge >= 0.3 is 0 Å². The van der Waals surface area contributed by atoms with Crippen molar-refractivity contribution in [3.63, 3.8) is 0 Å². The Morgan fingerprint density at radius 1 is 1.05 bits per heavy atom. The van der Waals surface area contributed by atoms with Crippen molar-refractivity contribution in [2.24, 2.45) is 0 Å². The van der Waals surface area contributed by atoms with Gasteiger partial charge in [-0.3, -0.25) is 0 Å². The standard InChI is InChI=1S/C19H18N2O/c1-2-22-17-8-5-7-15(12-17)18-13-16-11-10-14-6-3-4-9-19(14)21(16)20-18/h3-9,12-13H,2,10-11H2,1H3. The molecule has 0 spiro atoms. The number of para-hydroxylation sites is 1. The lowest BCUT2D eigenvalue weighted by Gasteiger charge is -2.17. The molecule has 0 radical (unpaired) electrons. The lowest BCUT2D eigenvalue weighted by molar-refractivity contribution is 0.340. The summed E-state index contributed by atoms with van der Waals surface area (Å²) in [6.45, 7) is 2.68. The molecule has 0 saturated carbocycles. The molecule has 110 valence electrons. The Kier molecular flexibility index (Phi) is 3.19. The van der Waals surface area contributed by atoms with Crippen LogP contribution in [0, 0.1) is 0 Å². The van der Waals surface area contributed by atoms with Crippen molar-refractivity contribution in [1.29, 1.82) is 0 Å². The van der Waals surface area contributed by atoms with E-state index in [1.165, 1.54) is 16.9 Å². The van der Waals surface area contributed by atoms with E-state index in [0.717, 1.165) is 29.8 Å². The number of aryl methyl sites for hydroxylation is 2. The van der Waals surface area contributed by atoms with Crippen LogP contribution in [0.4, 0.5) is 0 Å². The summed E-state index contributed by atoms with van der Waals surface area (Å²) in [5.74, 6) is 0.895. The molecular formula is C19H18N2O. The van der Waals surface area contributed by atoms with Gasteiger partial charge in [0, 0.05) is 11.3 Å². The number of hydrogen-bond donors (Lipinski definition) is 0. The Labute approximate surface area is 130 Å². The normalized spacial score (nSPS) is 12.6. The van der Waals surface area contributed by atoms with Crippen LogP contribution >= 0.6 is 0 Å². The van der Waals surface area contributed by atoms with Crippen LogP contribution in [-0.4, -0.2) is 16.4 Å². The van der Waals surface area contributed by atoms with Crippen molar-refractivity contribution in [1.82, 2.24) is 9.78 Å². The van der Waals surface area contributed by atoms with Crippen molar-refractivity contribution in [2.75, 3.05) is 6.61 Å². The monoisotopic (exact) mass is 290 g/mol. The van der Waals surface area contributed by atoms with Gasteiger partial charge in [0.15, 0.2) is 0 Å². The van der Waals surface area contributed by atoms with Gasteiger partial charge in [0.25, 0.3) is 0 Å². The molecule has 0 aliphatic carbocycles. The second kappa shape index (κ2) is 5.34. The Hall–Kier alpha value is -2.55. The maximum absolute atomic E-state index is 5.59. The summed E-state index contributed by atoms with van der Waals surface area (Å²) in [6, 6.07) is 18.9. The van der Waals surface area contributed by atoms with E-state index < -0.39 is 0 Å². The highest BCUT2D eigenvalue weighted by atomic mass is 16.5. The average Bonchev–Trinajstić information content (AvgIpc) is 3.00. The maximum Gasteiger partial charge on any atom is 0.119 e. The zero-order valence-corrected chi connectivity index (χ0v) is 12.6. The van der Waals surface area contributed by atoms with Crippen molar-refractivity contribution < 1.29 is 4.74 Å². The number of nitrogens with zero attached hydrogens (tertiary/aromatic N) is 2. The minimum absolute atomic E-state index is 0.677. The summed E-state index contributed by atoms with van der Waals surface area (Å²) in [7, 11) is 0. The van der Waals surface area contributed by atoms with Crippen molar-refractivity contribution in [2.45, 2.75) is 19.8 Å². The zero-order valence-electron chi connectivity index (χ0n) is 12.6. The van der Waals surface area contributed by atoms with Crippen LogP contribution in [0.1, 0.15) is 18.2 Å². The lowest BCUT2D eigenvalue weighted by atomic mass is 10.0. The van der Waals surface area contributed by atoms with Crippen LogP contribution in [0.15, 0.2) is 54.6 Å². The van der Waals surface area contributed by atoms with Gasteiger partial charge in [-0.2, -0.15) is 5.10 Å².